The SMILES string of the molecule is C=C1NC(C)=Nc2cc3c(cc21)C1(CC1)C(=O)N3C. The van der Waals surface area contributed by atoms with Gasteiger partial charge in [-0.25, -0.2) is 4.99 Å². The maximum atomic E-state index is 12.4. The Kier molecular flexibility index (Phi) is 1.74. The zero-order valence-electron chi connectivity index (χ0n) is 11.1. The molecule has 96 valence electrons. The monoisotopic (exact) mass is 253 g/mol. The van der Waals surface area contributed by atoms with Gasteiger partial charge in [0, 0.05) is 24.0 Å². The summed E-state index contributed by atoms with van der Waals surface area (Å²) in [4.78, 5) is 18.6. The molecule has 19 heavy (non-hydrogen) atoms. The van der Waals surface area contributed by atoms with Crippen LogP contribution in [0.4, 0.5) is 11.4 Å². The Morgan fingerprint density at radius 2 is 2.16 bits per heavy atom. The lowest BCUT2D eigenvalue weighted by Gasteiger charge is -2.20. The number of nitrogens with one attached hydrogen (secondary N) is 1. The zero-order valence-corrected chi connectivity index (χ0v) is 11.1. The molecular weight excluding hydrogens is 238 g/mol. The molecule has 1 aliphatic carbocycles. The van der Waals surface area contributed by atoms with Crippen LogP contribution in [0.2, 0.25) is 0 Å². The summed E-state index contributed by atoms with van der Waals surface area (Å²) < 4.78 is 0. The number of anilines is 1. The highest BCUT2D eigenvalue weighted by molar-refractivity contribution is 6.11. The van der Waals surface area contributed by atoms with Crippen LogP contribution in [0.15, 0.2) is 23.7 Å². The van der Waals surface area contributed by atoms with Gasteiger partial charge in [0.1, 0.15) is 5.84 Å². The normalized spacial score (nSPS) is 22.0. The van der Waals surface area contributed by atoms with Crippen LogP contribution in [0.25, 0.3) is 5.70 Å². The molecule has 3 aliphatic rings. The summed E-state index contributed by atoms with van der Waals surface area (Å²) in [6, 6.07) is 4.12. The Morgan fingerprint density at radius 3 is 2.84 bits per heavy atom. The largest absolute Gasteiger partial charge is 0.344 e. The van der Waals surface area contributed by atoms with Crippen LogP contribution in [0.5, 0.6) is 0 Å². The highest BCUT2D eigenvalue weighted by Crippen LogP contribution is 2.58. The fourth-order valence-electron chi connectivity index (χ4n) is 3.22. The summed E-state index contributed by atoms with van der Waals surface area (Å²) in [5.41, 5.74) is 4.69. The van der Waals surface area contributed by atoms with Crippen LogP contribution in [-0.2, 0) is 10.2 Å². The highest BCUT2D eigenvalue weighted by atomic mass is 16.2. The van der Waals surface area contributed by atoms with E-state index in [0.717, 1.165) is 46.9 Å². The summed E-state index contributed by atoms with van der Waals surface area (Å²) >= 11 is 0. The van der Waals surface area contributed by atoms with Gasteiger partial charge >= 0.3 is 0 Å². The van der Waals surface area contributed by atoms with Gasteiger partial charge in [0.15, 0.2) is 0 Å². The third-order valence-electron chi connectivity index (χ3n) is 4.40. The van der Waals surface area contributed by atoms with Crippen molar-refractivity contribution in [1.29, 1.82) is 0 Å². The molecule has 0 aromatic heterocycles. The number of carbonyl (C=O) groups is 1. The molecule has 1 aromatic rings. The molecule has 0 saturated heterocycles. The number of benzene rings is 1. The average molecular weight is 253 g/mol. The van der Waals surface area contributed by atoms with Gasteiger partial charge in [-0.15, -0.1) is 0 Å². The molecule has 0 atom stereocenters. The van der Waals surface area contributed by atoms with E-state index < -0.39 is 0 Å². The summed E-state index contributed by atoms with van der Waals surface area (Å²) in [5, 5.41) is 3.15. The fraction of sp³-hybridized carbons (Fsp3) is 0.333. The van der Waals surface area contributed by atoms with Crippen molar-refractivity contribution in [2.45, 2.75) is 25.2 Å². The molecule has 1 N–H and O–H groups in total. The number of hydrogen-bond donors (Lipinski definition) is 1. The summed E-state index contributed by atoms with van der Waals surface area (Å²) in [7, 11) is 1.85. The van der Waals surface area contributed by atoms with E-state index in [1.807, 2.05) is 20.0 Å². The molecule has 1 amide bonds. The van der Waals surface area contributed by atoms with Crippen molar-refractivity contribution in [3.63, 3.8) is 0 Å². The minimum absolute atomic E-state index is 0.226. The van der Waals surface area contributed by atoms with Gasteiger partial charge in [0.25, 0.3) is 0 Å². The van der Waals surface area contributed by atoms with Crippen molar-refractivity contribution in [3.8, 4) is 0 Å². The molecule has 2 heterocycles. The number of aliphatic imine (C=N–C) groups is 1. The number of rotatable bonds is 0. The Bertz CT molecular complexity index is 683. The first-order valence-electron chi connectivity index (χ1n) is 6.51. The molecule has 2 aliphatic heterocycles. The minimum Gasteiger partial charge on any atom is -0.344 e. The second-order valence-corrected chi connectivity index (χ2v) is 5.63. The Morgan fingerprint density at radius 1 is 1.42 bits per heavy atom. The molecule has 0 unspecified atom stereocenters. The lowest BCUT2D eigenvalue weighted by atomic mass is 9.94. The van der Waals surface area contributed by atoms with Gasteiger partial charge < -0.3 is 10.2 Å². The number of nitrogens with zero attached hydrogens (tertiary/aromatic N) is 2. The molecule has 0 radical (unpaired) electrons. The Balaban J connectivity index is 1.99. The van der Waals surface area contributed by atoms with Crippen molar-refractivity contribution in [2.75, 3.05) is 11.9 Å². The van der Waals surface area contributed by atoms with Crippen molar-refractivity contribution >= 4 is 28.8 Å². The minimum atomic E-state index is -0.240. The van der Waals surface area contributed by atoms with Gasteiger partial charge in [0.05, 0.1) is 11.1 Å². The molecule has 1 fully saturated rings. The quantitative estimate of drug-likeness (QED) is 0.771. The number of fused-ring (bicyclic) bond motifs is 3. The van der Waals surface area contributed by atoms with Crippen molar-refractivity contribution in [3.05, 3.63) is 29.8 Å². The molecule has 1 saturated carbocycles. The van der Waals surface area contributed by atoms with E-state index in [1.54, 1.807) is 4.90 Å². The zero-order chi connectivity index (χ0) is 13.4. The van der Waals surface area contributed by atoms with Crippen LogP contribution >= 0.6 is 0 Å². The van der Waals surface area contributed by atoms with Crippen molar-refractivity contribution in [2.24, 2.45) is 4.99 Å². The average Bonchev–Trinajstić information content (AvgIpc) is 3.13. The first kappa shape index (κ1) is 10.8. The van der Waals surface area contributed by atoms with E-state index >= 15 is 0 Å². The number of hydrogen-bond acceptors (Lipinski definition) is 3. The molecule has 4 nitrogen and oxygen atoms in total. The van der Waals surface area contributed by atoms with E-state index in [4.69, 9.17) is 0 Å². The topological polar surface area (TPSA) is 44.7 Å². The second-order valence-electron chi connectivity index (χ2n) is 5.63. The molecule has 1 aromatic carbocycles. The molecule has 4 heteroatoms. The van der Waals surface area contributed by atoms with Crippen LogP contribution in [0.1, 0.15) is 30.9 Å². The van der Waals surface area contributed by atoms with E-state index in [0.29, 0.717) is 0 Å². The van der Waals surface area contributed by atoms with Crippen LogP contribution in [-0.4, -0.2) is 18.8 Å². The number of amidine groups is 1. The third kappa shape index (κ3) is 1.19. The van der Waals surface area contributed by atoms with Crippen LogP contribution < -0.4 is 10.2 Å². The molecule has 0 bridgehead atoms. The summed E-state index contributed by atoms with van der Waals surface area (Å²) in [6.07, 6.45) is 1.92. The predicted octanol–water partition coefficient (Wildman–Crippen LogP) is 2.32. The van der Waals surface area contributed by atoms with E-state index in [2.05, 4.69) is 23.0 Å². The maximum Gasteiger partial charge on any atom is 0.237 e. The third-order valence-corrected chi connectivity index (χ3v) is 4.40. The first-order valence-corrected chi connectivity index (χ1v) is 6.51. The predicted molar refractivity (Wildman–Crippen MR) is 75.7 cm³/mol. The summed E-state index contributed by atoms with van der Waals surface area (Å²) in [6.45, 7) is 5.96. The molecular formula is C15H15N3O. The maximum absolute atomic E-state index is 12.4. The molecule has 4 rings (SSSR count). The second kappa shape index (κ2) is 3.07. The fourth-order valence-corrected chi connectivity index (χ4v) is 3.22. The van der Waals surface area contributed by atoms with E-state index in [1.165, 1.54) is 0 Å². The standard InChI is InChI=1S/C15H15N3O/c1-8-10-6-11-13(7-12(10)17-9(2)16-8)18(3)14(19)15(11)4-5-15/h6-7H,1,4-5H2,2-3H3,(H,16,17). The van der Waals surface area contributed by atoms with Crippen molar-refractivity contribution in [1.82, 2.24) is 5.32 Å². The van der Waals surface area contributed by atoms with Crippen molar-refractivity contribution < 1.29 is 4.79 Å². The Labute approximate surface area is 111 Å². The number of amides is 1. The molecule has 1 spiro atoms. The van der Waals surface area contributed by atoms with Gasteiger partial charge in [0.2, 0.25) is 5.91 Å². The lowest BCUT2D eigenvalue weighted by molar-refractivity contribution is -0.119. The van der Waals surface area contributed by atoms with Crippen LogP contribution in [0, 0.1) is 0 Å². The van der Waals surface area contributed by atoms with Gasteiger partial charge in [-0.1, -0.05) is 6.58 Å². The summed E-state index contributed by atoms with van der Waals surface area (Å²) in [5.74, 6) is 1.06. The highest BCUT2D eigenvalue weighted by Gasteiger charge is 2.58. The van der Waals surface area contributed by atoms with Gasteiger partial charge in [-0.05, 0) is 37.5 Å². The lowest BCUT2D eigenvalue weighted by Crippen LogP contribution is -2.27. The van der Waals surface area contributed by atoms with Crippen LogP contribution in [0.3, 0.4) is 0 Å². The Hall–Kier alpha value is -2.10. The first-order chi connectivity index (χ1) is 9.03. The number of likely N-dealkylation sites (N-methyl/N-ethyl adjacent to an activating group) is 1. The van der Waals surface area contributed by atoms with Gasteiger partial charge in [-0.3, -0.25) is 4.79 Å². The van der Waals surface area contributed by atoms with Gasteiger partial charge in [-0.2, -0.15) is 0 Å². The van der Waals surface area contributed by atoms with E-state index in [-0.39, 0.29) is 11.3 Å². The smallest absolute Gasteiger partial charge is 0.237 e. The number of carbonyl (C=O) groups excluding carboxylic acids is 1. The van der Waals surface area contributed by atoms with E-state index in [9.17, 15) is 4.79 Å².